The molecule has 0 spiro atoms. The zero-order valence-electron chi connectivity index (χ0n) is 16.7. The van der Waals surface area contributed by atoms with Crippen LogP contribution in [0.25, 0.3) is 10.9 Å². The Kier molecular flexibility index (Phi) is 5.27. The van der Waals surface area contributed by atoms with Gasteiger partial charge in [0.25, 0.3) is 5.56 Å². The van der Waals surface area contributed by atoms with Crippen molar-refractivity contribution < 1.29 is 14.6 Å². The number of benzene rings is 2. The second-order valence-electron chi connectivity index (χ2n) is 7.80. The van der Waals surface area contributed by atoms with Gasteiger partial charge < -0.3 is 14.4 Å². The van der Waals surface area contributed by atoms with Gasteiger partial charge in [-0.05, 0) is 35.6 Å². The number of carbonyl (C=O) groups is 1. The van der Waals surface area contributed by atoms with Gasteiger partial charge in [0.1, 0.15) is 5.75 Å². The summed E-state index contributed by atoms with van der Waals surface area (Å²) in [4.78, 5) is 25.3. The summed E-state index contributed by atoms with van der Waals surface area (Å²) in [5.74, 6) is -1.15. The molecule has 1 aromatic heterocycles. The first kappa shape index (κ1) is 19.7. The number of ether oxygens (including phenoxy) is 1. The monoisotopic (exact) mass is 379 g/mol. The molecule has 0 fully saturated rings. The first-order valence-electron chi connectivity index (χ1n) is 9.35. The van der Waals surface area contributed by atoms with Crippen LogP contribution in [0.5, 0.6) is 5.75 Å². The van der Waals surface area contributed by atoms with Gasteiger partial charge in [-0.15, -0.1) is 0 Å². The van der Waals surface area contributed by atoms with E-state index in [0.29, 0.717) is 10.9 Å². The van der Waals surface area contributed by atoms with Crippen LogP contribution in [0.2, 0.25) is 0 Å². The quantitative estimate of drug-likeness (QED) is 0.689. The van der Waals surface area contributed by atoms with Crippen LogP contribution in [-0.4, -0.2) is 22.2 Å². The van der Waals surface area contributed by atoms with E-state index in [4.69, 9.17) is 4.74 Å². The van der Waals surface area contributed by atoms with Gasteiger partial charge in [-0.25, -0.2) is 4.79 Å². The summed E-state index contributed by atoms with van der Waals surface area (Å²) in [6.45, 7) is 8.50. The third-order valence-corrected chi connectivity index (χ3v) is 4.79. The van der Waals surface area contributed by atoms with E-state index in [1.807, 2.05) is 12.1 Å². The number of nitrogens with zero attached hydrogens (tertiary/aromatic N) is 1. The molecule has 0 aliphatic rings. The summed E-state index contributed by atoms with van der Waals surface area (Å²) in [5, 5.41) is 11.0. The number of para-hydroxylation sites is 1. The third kappa shape index (κ3) is 3.65. The zero-order valence-corrected chi connectivity index (χ0v) is 16.7. The fraction of sp³-hybridized carbons (Fsp3) is 0.304. The van der Waals surface area contributed by atoms with Gasteiger partial charge >= 0.3 is 5.97 Å². The highest BCUT2D eigenvalue weighted by Gasteiger charge is 2.23. The maximum atomic E-state index is 13.1. The minimum Gasteiger partial charge on any atom is -0.506 e. The molecule has 1 heterocycles. The molecule has 3 rings (SSSR count). The Labute approximate surface area is 164 Å². The van der Waals surface area contributed by atoms with Gasteiger partial charge in [0.15, 0.2) is 5.56 Å². The molecule has 5 heteroatoms. The maximum Gasteiger partial charge on any atom is 0.347 e. The second kappa shape index (κ2) is 7.50. The Morgan fingerprint density at radius 3 is 2.32 bits per heavy atom. The molecule has 0 saturated carbocycles. The summed E-state index contributed by atoms with van der Waals surface area (Å²) in [6, 6.07) is 15.1. The molecule has 146 valence electrons. The lowest BCUT2D eigenvalue weighted by Crippen LogP contribution is -2.28. The Bertz CT molecular complexity index is 1070. The molecule has 0 unspecified atom stereocenters. The van der Waals surface area contributed by atoms with E-state index in [-0.39, 0.29) is 29.9 Å². The highest BCUT2D eigenvalue weighted by atomic mass is 16.5. The van der Waals surface area contributed by atoms with E-state index in [1.165, 1.54) is 10.1 Å². The fourth-order valence-electron chi connectivity index (χ4n) is 3.23. The molecule has 0 amide bonds. The van der Waals surface area contributed by atoms with Crippen molar-refractivity contribution in [3.63, 3.8) is 0 Å². The number of aromatic hydroxyl groups is 1. The molecule has 2 aromatic carbocycles. The van der Waals surface area contributed by atoms with E-state index in [0.717, 1.165) is 5.56 Å². The summed E-state index contributed by atoms with van der Waals surface area (Å²) in [7, 11) is 0. The van der Waals surface area contributed by atoms with Crippen LogP contribution in [0.15, 0.2) is 53.3 Å². The maximum absolute atomic E-state index is 13.1. The van der Waals surface area contributed by atoms with Crippen molar-refractivity contribution >= 4 is 16.9 Å². The number of esters is 1. The van der Waals surface area contributed by atoms with Crippen LogP contribution in [0.3, 0.4) is 0 Å². The first-order chi connectivity index (χ1) is 13.2. The number of fused-ring (bicyclic) bond motifs is 1. The molecule has 0 atom stereocenters. The number of rotatable bonds is 4. The van der Waals surface area contributed by atoms with Crippen LogP contribution < -0.4 is 5.56 Å². The van der Waals surface area contributed by atoms with E-state index in [2.05, 4.69) is 32.9 Å². The van der Waals surface area contributed by atoms with Gasteiger partial charge in [0.05, 0.1) is 18.7 Å². The SMILES string of the molecule is CCOC(=O)c1c(O)c2ccccc2n(Cc2ccc(C(C)(C)C)cc2)c1=O. The number of hydrogen-bond donors (Lipinski definition) is 1. The number of aromatic nitrogens is 1. The lowest BCUT2D eigenvalue weighted by Gasteiger charge is -2.19. The summed E-state index contributed by atoms with van der Waals surface area (Å²) in [5.41, 5.74) is 1.85. The number of hydrogen-bond acceptors (Lipinski definition) is 4. The normalized spacial score (nSPS) is 11.6. The predicted octanol–water partition coefficient (Wildman–Crippen LogP) is 4.23. The van der Waals surface area contributed by atoms with E-state index in [1.54, 1.807) is 31.2 Å². The zero-order chi connectivity index (χ0) is 20.5. The Hall–Kier alpha value is -3.08. The molecule has 3 aromatic rings. The lowest BCUT2D eigenvalue weighted by molar-refractivity contribution is 0.0520. The predicted molar refractivity (Wildman–Crippen MR) is 110 cm³/mol. The van der Waals surface area contributed by atoms with E-state index in [9.17, 15) is 14.7 Å². The van der Waals surface area contributed by atoms with Crippen LogP contribution in [0.1, 0.15) is 49.2 Å². The Morgan fingerprint density at radius 2 is 1.71 bits per heavy atom. The summed E-state index contributed by atoms with van der Waals surface area (Å²) < 4.78 is 6.49. The van der Waals surface area contributed by atoms with Gasteiger partial charge in [0, 0.05) is 5.39 Å². The molecule has 0 aliphatic heterocycles. The molecule has 0 aliphatic carbocycles. The average Bonchev–Trinajstić information content (AvgIpc) is 2.65. The minimum atomic E-state index is -0.812. The van der Waals surface area contributed by atoms with Gasteiger partial charge in [-0.3, -0.25) is 4.79 Å². The van der Waals surface area contributed by atoms with Crippen molar-refractivity contribution in [1.82, 2.24) is 4.57 Å². The second-order valence-corrected chi connectivity index (χ2v) is 7.80. The number of pyridine rings is 1. The van der Waals surface area contributed by atoms with Crippen LogP contribution in [0, 0.1) is 0 Å². The first-order valence-corrected chi connectivity index (χ1v) is 9.35. The van der Waals surface area contributed by atoms with Crippen molar-refractivity contribution in [2.45, 2.75) is 39.7 Å². The van der Waals surface area contributed by atoms with Gasteiger partial charge in [-0.2, -0.15) is 0 Å². The van der Waals surface area contributed by atoms with Crippen molar-refractivity contribution in [1.29, 1.82) is 0 Å². The largest absolute Gasteiger partial charge is 0.506 e. The average molecular weight is 379 g/mol. The topological polar surface area (TPSA) is 68.5 Å². The van der Waals surface area contributed by atoms with Gasteiger partial charge in [-0.1, -0.05) is 57.2 Å². The van der Waals surface area contributed by atoms with Crippen molar-refractivity contribution in [3.8, 4) is 5.75 Å². The van der Waals surface area contributed by atoms with Crippen LogP contribution in [-0.2, 0) is 16.7 Å². The minimum absolute atomic E-state index is 0.0394. The smallest absolute Gasteiger partial charge is 0.347 e. The molecule has 5 nitrogen and oxygen atoms in total. The molecule has 0 saturated heterocycles. The summed E-state index contributed by atoms with van der Waals surface area (Å²) >= 11 is 0. The van der Waals surface area contributed by atoms with Crippen molar-refractivity contribution in [2.24, 2.45) is 0 Å². The molecule has 28 heavy (non-hydrogen) atoms. The molecular weight excluding hydrogens is 354 g/mol. The fourth-order valence-corrected chi connectivity index (χ4v) is 3.23. The lowest BCUT2D eigenvalue weighted by atomic mass is 9.87. The van der Waals surface area contributed by atoms with E-state index < -0.39 is 11.5 Å². The molecule has 0 radical (unpaired) electrons. The highest BCUT2D eigenvalue weighted by Crippen LogP contribution is 2.27. The van der Waals surface area contributed by atoms with Crippen molar-refractivity contribution in [3.05, 3.63) is 75.6 Å². The molecule has 0 bridgehead atoms. The number of carbonyl (C=O) groups excluding carboxylic acids is 1. The molecular formula is C23H25NO4. The molecule has 1 N–H and O–H groups in total. The Morgan fingerprint density at radius 1 is 1.07 bits per heavy atom. The van der Waals surface area contributed by atoms with Gasteiger partial charge in [0.2, 0.25) is 0 Å². The van der Waals surface area contributed by atoms with Crippen LogP contribution in [0.4, 0.5) is 0 Å². The van der Waals surface area contributed by atoms with E-state index >= 15 is 0 Å². The Balaban J connectivity index is 2.15. The van der Waals surface area contributed by atoms with Crippen molar-refractivity contribution in [2.75, 3.05) is 6.61 Å². The standard InChI is InChI=1S/C23H25NO4/c1-5-28-22(27)19-20(25)17-8-6-7-9-18(17)24(21(19)26)14-15-10-12-16(13-11-15)23(2,3)4/h6-13,25H,5,14H2,1-4H3. The van der Waals surface area contributed by atoms with Crippen LogP contribution >= 0.6 is 0 Å². The summed E-state index contributed by atoms with van der Waals surface area (Å²) in [6.07, 6.45) is 0. The third-order valence-electron chi connectivity index (χ3n) is 4.79. The highest BCUT2D eigenvalue weighted by molar-refractivity contribution is 5.99.